The van der Waals surface area contributed by atoms with E-state index in [1.165, 1.54) is 6.07 Å². The lowest BCUT2D eigenvalue weighted by atomic mass is 9.89. The molecule has 1 aromatic rings. The lowest BCUT2D eigenvalue weighted by molar-refractivity contribution is -0.127. The molecule has 1 N–H and O–H groups in total. The molecular formula is C12H14F3NO. The number of rotatable bonds is 1. The molecule has 1 aliphatic rings. The first-order valence-corrected chi connectivity index (χ1v) is 5.61. The predicted octanol–water partition coefficient (Wildman–Crippen LogP) is 2.86. The molecule has 0 saturated carbocycles. The Hall–Kier alpha value is -1.10. The molecule has 1 heterocycles. The number of aryl methyl sites for hydroxylation is 1. The van der Waals surface area contributed by atoms with Crippen molar-refractivity contribution in [3.05, 3.63) is 28.6 Å². The van der Waals surface area contributed by atoms with Crippen LogP contribution in [0.1, 0.15) is 41.5 Å². The largest absolute Gasteiger partial charge is 0.393 e. The molecule has 0 bridgehead atoms. The molecule has 94 valence electrons. The number of hydrogen-bond donors (Lipinski definition) is 1. The summed E-state index contributed by atoms with van der Waals surface area (Å²) in [4.78, 5) is 4.17. The van der Waals surface area contributed by atoms with Crippen LogP contribution >= 0.6 is 0 Å². The summed E-state index contributed by atoms with van der Waals surface area (Å²) < 4.78 is 37.4. The summed E-state index contributed by atoms with van der Waals surface area (Å²) in [5, 5.41) is 9.76. The van der Waals surface area contributed by atoms with Gasteiger partial charge in [-0.05, 0) is 43.4 Å². The Kier molecular flexibility index (Phi) is 3.12. The van der Waals surface area contributed by atoms with E-state index in [0.717, 1.165) is 0 Å². The van der Waals surface area contributed by atoms with Crippen LogP contribution < -0.4 is 0 Å². The number of pyridine rings is 1. The fourth-order valence-electron chi connectivity index (χ4n) is 2.34. The van der Waals surface area contributed by atoms with Gasteiger partial charge in [0.2, 0.25) is 0 Å². The van der Waals surface area contributed by atoms with Crippen molar-refractivity contribution in [2.24, 2.45) is 0 Å². The van der Waals surface area contributed by atoms with Crippen molar-refractivity contribution in [1.82, 2.24) is 4.98 Å². The number of aliphatic hydroxyl groups is 1. The smallest absolute Gasteiger partial charge is 0.387 e. The molecule has 0 saturated heterocycles. The highest BCUT2D eigenvalue weighted by molar-refractivity contribution is 5.36. The monoisotopic (exact) mass is 245 g/mol. The van der Waals surface area contributed by atoms with E-state index in [1.54, 1.807) is 6.92 Å². The second-order valence-electron chi connectivity index (χ2n) is 4.49. The zero-order valence-corrected chi connectivity index (χ0v) is 9.51. The summed E-state index contributed by atoms with van der Waals surface area (Å²) in [5.74, 6) is 0. The van der Waals surface area contributed by atoms with Gasteiger partial charge in [0.15, 0.2) is 0 Å². The summed E-state index contributed by atoms with van der Waals surface area (Å²) in [7, 11) is 0. The highest BCUT2D eigenvalue weighted by atomic mass is 19.4. The number of halogens is 3. The molecule has 2 rings (SSSR count). The third-order valence-corrected chi connectivity index (χ3v) is 2.99. The van der Waals surface area contributed by atoms with E-state index in [2.05, 4.69) is 4.98 Å². The van der Waals surface area contributed by atoms with Gasteiger partial charge >= 0.3 is 6.18 Å². The molecule has 17 heavy (non-hydrogen) atoms. The van der Waals surface area contributed by atoms with Crippen LogP contribution in [-0.4, -0.2) is 16.3 Å². The van der Waals surface area contributed by atoms with Gasteiger partial charge in [-0.25, -0.2) is 0 Å². The van der Waals surface area contributed by atoms with Crippen molar-refractivity contribution in [1.29, 1.82) is 0 Å². The Morgan fingerprint density at radius 1 is 1.47 bits per heavy atom. The first-order valence-electron chi connectivity index (χ1n) is 5.61. The summed E-state index contributed by atoms with van der Waals surface area (Å²) in [6.07, 6.45) is -4.01. The molecule has 2 nitrogen and oxygen atoms in total. The van der Waals surface area contributed by atoms with Crippen molar-refractivity contribution >= 4 is 0 Å². The minimum atomic E-state index is -4.22. The third kappa shape index (κ3) is 2.77. The van der Waals surface area contributed by atoms with E-state index in [9.17, 15) is 18.3 Å². The Morgan fingerprint density at radius 2 is 2.18 bits per heavy atom. The first-order chi connectivity index (χ1) is 7.87. The fraction of sp³-hybridized carbons (Fsp3) is 0.583. The van der Waals surface area contributed by atoms with E-state index >= 15 is 0 Å². The van der Waals surface area contributed by atoms with Gasteiger partial charge < -0.3 is 5.11 Å². The van der Waals surface area contributed by atoms with Gasteiger partial charge in [0.05, 0.1) is 18.2 Å². The number of fused-ring (bicyclic) bond motifs is 1. The molecule has 0 radical (unpaired) electrons. The average Bonchev–Trinajstić information content (AvgIpc) is 2.17. The summed E-state index contributed by atoms with van der Waals surface area (Å²) in [6, 6.07) is 1.48. The number of nitrogens with zero attached hydrogens (tertiary/aromatic N) is 1. The van der Waals surface area contributed by atoms with E-state index < -0.39 is 18.7 Å². The van der Waals surface area contributed by atoms with Gasteiger partial charge in [0.1, 0.15) is 0 Å². The molecule has 1 aliphatic carbocycles. The molecule has 1 aromatic heterocycles. The van der Waals surface area contributed by atoms with Crippen LogP contribution in [0.4, 0.5) is 13.2 Å². The van der Waals surface area contributed by atoms with Crippen molar-refractivity contribution in [3.63, 3.8) is 0 Å². The molecule has 0 spiro atoms. The third-order valence-electron chi connectivity index (χ3n) is 2.99. The maximum Gasteiger partial charge on any atom is 0.393 e. The fourth-order valence-corrected chi connectivity index (χ4v) is 2.34. The quantitative estimate of drug-likeness (QED) is 0.825. The predicted molar refractivity (Wildman–Crippen MR) is 56.6 cm³/mol. The standard InChI is InChI=1S/C12H14F3NO/c1-7-5-8(6-12(13,14)15)9-3-2-4-10(17)11(9)16-7/h5,10,17H,2-4,6H2,1H3. The molecule has 1 atom stereocenters. The van der Waals surface area contributed by atoms with Gasteiger partial charge in [-0.1, -0.05) is 0 Å². The van der Waals surface area contributed by atoms with E-state index in [1.807, 2.05) is 0 Å². The zero-order chi connectivity index (χ0) is 12.6. The van der Waals surface area contributed by atoms with Crippen LogP contribution in [0.5, 0.6) is 0 Å². The molecular weight excluding hydrogens is 231 g/mol. The van der Waals surface area contributed by atoms with E-state index in [-0.39, 0.29) is 5.56 Å². The van der Waals surface area contributed by atoms with Crippen LogP contribution in [0.3, 0.4) is 0 Å². The minimum Gasteiger partial charge on any atom is -0.387 e. The number of alkyl halides is 3. The van der Waals surface area contributed by atoms with E-state index in [0.29, 0.717) is 36.2 Å². The Morgan fingerprint density at radius 3 is 2.82 bits per heavy atom. The molecule has 0 amide bonds. The summed E-state index contributed by atoms with van der Waals surface area (Å²) in [6.45, 7) is 1.65. The van der Waals surface area contributed by atoms with Gasteiger partial charge in [0.25, 0.3) is 0 Å². The Bertz CT molecular complexity index is 428. The first kappa shape index (κ1) is 12.4. The number of hydrogen-bond acceptors (Lipinski definition) is 2. The highest BCUT2D eigenvalue weighted by Gasteiger charge is 2.31. The second kappa shape index (κ2) is 4.29. The molecule has 0 aliphatic heterocycles. The van der Waals surface area contributed by atoms with Crippen molar-refractivity contribution in [3.8, 4) is 0 Å². The molecule has 0 aromatic carbocycles. The molecule has 1 unspecified atom stereocenters. The van der Waals surface area contributed by atoms with Crippen molar-refractivity contribution in [2.45, 2.75) is 44.9 Å². The SMILES string of the molecule is Cc1cc(CC(F)(F)F)c2c(n1)C(O)CCC2. The van der Waals surface area contributed by atoms with Gasteiger partial charge in [0, 0.05) is 5.69 Å². The van der Waals surface area contributed by atoms with Gasteiger partial charge in [-0.2, -0.15) is 13.2 Å². The Labute approximate surface area is 97.5 Å². The zero-order valence-electron chi connectivity index (χ0n) is 9.51. The second-order valence-corrected chi connectivity index (χ2v) is 4.49. The average molecular weight is 245 g/mol. The maximum absolute atomic E-state index is 12.5. The topological polar surface area (TPSA) is 33.1 Å². The molecule has 5 heteroatoms. The van der Waals surface area contributed by atoms with Crippen LogP contribution in [0.15, 0.2) is 6.07 Å². The van der Waals surface area contributed by atoms with Crippen molar-refractivity contribution in [2.75, 3.05) is 0 Å². The normalized spacial score (nSPS) is 20.2. The van der Waals surface area contributed by atoms with Crippen molar-refractivity contribution < 1.29 is 18.3 Å². The van der Waals surface area contributed by atoms with Gasteiger partial charge in [-0.3, -0.25) is 4.98 Å². The highest BCUT2D eigenvalue weighted by Crippen LogP contribution is 2.33. The van der Waals surface area contributed by atoms with Crippen LogP contribution in [0.2, 0.25) is 0 Å². The maximum atomic E-state index is 12.5. The summed E-state index contributed by atoms with van der Waals surface area (Å²) >= 11 is 0. The minimum absolute atomic E-state index is 0.263. The lowest BCUT2D eigenvalue weighted by Crippen LogP contribution is -2.19. The summed E-state index contributed by atoms with van der Waals surface area (Å²) in [5.41, 5.74) is 1.82. The molecule has 0 fully saturated rings. The van der Waals surface area contributed by atoms with Crippen LogP contribution in [-0.2, 0) is 12.8 Å². The van der Waals surface area contributed by atoms with Gasteiger partial charge in [-0.15, -0.1) is 0 Å². The Balaban J connectivity index is 2.45. The number of aromatic nitrogens is 1. The van der Waals surface area contributed by atoms with E-state index in [4.69, 9.17) is 0 Å². The lowest BCUT2D eigenvalue weighted by Gasteiger charge is -2.24. The van der Waals surface area contributed by atoms with Crippen LogP contribution in [0.25, 0.3) is 0 Å². The number of aliphatic hydroxyl groups excluding tert-OH is 1. The van der Waals surface area contributed by atoms with Crippen LogP contribution in [0, 0.1) is 6.92 Å².